The Morgan fingerprint density at radius 2 is 2.00 bits per heavy atom. The van der Waals surface area contributed by atoms with Gasteiger partial charge in [0.25, 0.3) is 0 Å². The van der Waals surface area contributed by atoms with Crippen molar-refractivity contribution in [3.8, 4) is 0 Å². The molecule has 0 bridgehead atoms. The zero-order valence-corrected chi connectivity index (χ0v) is 9.68. The summed E-state index contributed by atoms with van der Waals surface area (Å²) in [6.07, 6.45) is -3.84. The molecule has 0 aromatic heterocycles. The van der Waals surface area contributed by atoms with E-state index in [-0.39, 0.29) is 12.0 Å². The number of alkyl halides is 3. The number of aliphatic hydroxyl groups excluding tert-OH is 1. The predicted molar refractivity (Wildman–Crippen MR) is 54.1 cm³/mol. The molecule has 0 saturated heterocycles. The maximum absolute atomic E-state index is 11.9. The van der Waals surface area contributed by atoms with Crippen molar-refractivity contribution in [2.75, 3.05) is 6.61 Å². The Kier molecular flexibility index (Phi) is 4.23. The van der Waals surface area contributed by atoms with Crippen molar-refractivity contribution in [2.24, 2.45) is 5.41 Å². The third-order valence-corrected chi connectivity index (χ3v) is 3.18. The van der Waals surface area contributed by atoms with E-state index in [0.717, 1.165) is 12.8 Å². The van der Waals surface area contributed by atoms with Gasteiger partial charge in [0.1, 0.15) is 0 Å². The van der Waals surface area contributed by atoms with Gasteiger partial charge in [0.05, 0.1) is 25.2 Å². The van der Waals surface area contributed by atoms with Crippen LogP contribution < -0.4 is 0 Å². The summed E-state index contributed by atoms with van der Waals surface area (Å²) in [6.45, 7) is 3.47. The molecule has 1 aliphatic carbocycles. The molecule has 1 fully saturated rings. The smallest absolute Gasteiger partial charge is 0.390 e. The number of aliphatic hydroxyl groups is 1. The van der Waals surface area contributed by atoms with E-state index < -0.39 is 24.8 Å². The van der Waals surface area contributed by atoms with Crippen LogP contribution in [-0.4, -0.2) is 30.1 Å². The standard InChI is InChI=1S/C11H19F3O2/c1-10(2)5-3-4-8(9(10)15)16-7-6-11(12,13)14/h8-9,15H,3-7H2,1-2H3. The Labute approximate surface area is 93.8 Å². The number of ether oxygens (including phenoxy) is 1. The summed E-state index contributed by atoms with van der Waals surface area (Å²) in [5, 5.41) is 9.92. The molecule has 0 aromatic carbocycles. The van der Waals surface area contributed by atoms with Gasteiger partial charge in [-0.2, -0.15) is 13.2 Å². The fourth-order valence-corrected chi connectivity index (χ4v) is 2.07. The lowest BCUT2D eigenvalue weighted by atomic mass is 9.73. The molecule has 1 N–H and O–H groups in total. The van der Waals surface area contributed by atoms with Crippen LogP contribution in [0.25, 0.3) is 0 Å². The van der Waals surface area contributed by atoms with Crippen molar-refractivity contribution in [1.82, 2.24) is 0 Å². The third-order valence-electron chi connectivity index (χ3n) is 3.18. The number of hydrogen-bond donors (Lipinski definition) is 1. The average molecular weight is 240 g/mol. The maximum atomic E-state index is 11.9. The first-order valence-corrected chi connectivity index (χ1v) is 5.59. The van der Waals surface area contributed by atoms with Gasteiger partial charge in [0.15, 0.2) is 0 Å². The van der Waals surface area contributed by atoms with Crippen LogP contribution in [0.4, 0.5) is 13.2 Å². The molecule has 1 aliphatic rings. The molecule has 16 heavy (non-hydrogen) atoms. The van der Waals surface area contributed by atoms with Gasteiger partial charge in [-0.1, -0.05) is 20.3 Å². The molecular weight excluding hydrogens is 221 g/mol. The van der Waals surface area contributed by atoms with E-state index in [9.17, 15) is 18.3 Å². The van der Waals surface area contributed by atoms with Crippen molar-refractivity contribution in [1.29, 1.82) is 0 Å². The Morgan fingerprint density at radius 1 is 1.38 bits per heavy atom. The maximum Gasteiger partial charge on any atom is 0.391 e. The molecule has 0 aliphatic heterocycles. The molecular formula is C11H19F3O2. The molecule has 0 amide bonds. The highest BCUT2D eigenvalue weighted by Gasteiger charge is 2.38. The molecule has 0 heterocycles. The summed E-state index contributed by atoms with van der Waals surface area (Å²) in [5.74, 6) is 0. The topological polar surface area (TPSA) is 29.5 Å². The van der Waals surface area contributed by atoms with Gasteiger partial charge in [-0.15, -0.1) is 0 Å². The van der Waals surface area contributed by atoms with Crippen molar-refractivity contribution in [3.05, 3.63) is 0 Å². The minimum atomic E-state index is -4.19. The van der Waals surface area contributed by atoms with Crippen LogP contribution in [0.5, 0.6) is 0 Å². The molecule has 1 saturated carbocycles. The number of rotatable bonds is 3. The van der Waals surface area contributed by atoms with Gasteiger partial charge in [-0.05, 0) is 18.3 Å². The van der Waals surface area contributed by atoms with Gasteiger partial charge >= 0.3 is 6.18 Å². The second kappa shape index (κ2) is 4.92. The van der Waals surface area contributed by atoms with Crippen LogP contribution in [0.3, 0.4) is 0 Å². The van der Waals surface area contributed by atoms with Gasteiger partial charge < -0.3 is 9.84 Å². The van der Waals surface area contributed by atoms with Crippen molar-refractivity contribution >= 4 is 0 Å². The van der Waals surface area contributed by atoms with Crippen molar-refractivity contribution < 1.29 is 23.0 Å². The van der Waals surface area contributed by atoms with E-state index in [2.05, 4.69) is 0 Å². The largest absolute Gasteiger partial charge is 0.391 e. The predicted octanol–water partition coefficient (Wildman–Crippen LogP) is 2.90. The quantitative estimate of drug-likeness (QED) is 0.822. The van der Waals surface area contributed by atoms with Crippen LogP contribution in [0, 0.1) is 5.41 Å². The van der Waals surface area contributed by atoms with Crippen LogP contribution in [-0.2, 0) is 4.74 Å². The highest BCUT2D eigenvalue weighted by atomic mass is 19.4. The van der Waals surface area contributed by atoms with Crippen molar-refractivity contribution in [3.63, 3.8) is 0 Å². The molecule has 96 valence electrons. The Bertz CT molecular complexity index is 226. The SMILES string of the molecule is CC1(C)CCCC(OCCC(F)(F)F)C1O. The highest BCUT2D eigenvalue weighted by Crippen LogP contribution is 2.37. The van der Waals surface area contributed by atoms with E-state index in [4.69, 9.17) is 4.74 Å². The first kappa shape index (κ1) is 13.8. The second-order valence-corrected chi connectivity index (χ2v) is 5.10. The summed E-state index contributed by atoms with van der Waals surface area (Å²) >= 11 is 0. The van der Waals surface area contributed by atoms with Crippen LogP contribution in [0.15, 0.2) is 0 Å². The van der Waals surface area contributed by atoms with E-state index in [1.807, 2.05) is 13.8 Å². The fourth-order valence-electron chi connectivity index (χ4n) is 2.07. The molecule has 0 aromatic rings. The minimum Gasteiger partial charge on any atom is -0.390 e. The van der Waals surface area contributed by atoms with Gasteiger partial charge in [-0.3, -0.25) is 0 Å². The average Bonchev–Trinajstić information content (AvgIpc) is 2.10. The fraction of sp³-hybridized carbons (Fsp3) is 1.00. The zero-order chi connectivity index (χ0) is 12.4. The zero-order valence-electron chi connectivity index (χ0n) is 9.68. The first-order valence-electron chi connectivity index (χ1n) is 5.59. The van der Waals surface area contributed by atoms with Crippen LogP contribution in [0.2, 0.25) is 0 Å². The van der Waals surface area contributed by atoms with Crippen molar-refractivity contribution in [2.45, 2.75) is 57.9 Å². The lowest BCUT2D eigenvalue weighted by Gasteiger charge is -2.40. The summed E-state index contributed by atoms with van der Waals surface area (Å²) in [7, 11) is 0. The molecule has 2 nitrogen and oxygen atoms in total. The third kappa shape index (κ3) is 3.94. The van der Waals surface area contributed by atoms with Gasteiger partial charge in [0.2, 0.25) is 0 Å². The molecule has 0 spiro atoms. The Morgan fingerprint density at radius 3 is 2.56 bits per heavy atom. The van der Waals surface area contributed by atoms with Gasteiger partial charge in [-0.25, -0.2) is 0 Å². The Hall–Kier alpha value is -0.290. The first-order chi connectivity index (χ1) is 7.22. The summed E-state index contributed by atoms with van der Waals surface area (Å²) < 4.78 is 40.9. The lowest BCUT2D eigenvalue weighted by molar-refractivity contribution is -0.164. The highest BCUT2D eigenvalue weighted by molar-refractivity contribution is 4.88. The van der Waals surface area contributed by atoms with E-state index in [1.165, 1.54) is 0 Å². The lowest BCUT2D eigenvalue weighted by Crippen LogP contribution is -2.44. The monoisotopic (exact) mass is 240 g/mol. The summed E-state index contributed by atoms with van der Waals surface area (Å²) in [6, 6.07) is 0. The molecule has 5 heteroatoms. The summed E-state index contributed by atoms with van der Waals surface area (Å²) in [5.41, 5.74) is -0.263. The normalized spacial score (nSPS) is 30.4. The molecule has 2 unspecified atom stereocenters. The van der Waals surface area contributed by atoms with Gasteiger partial charge in [0, 0.05) is 0 Å². The van der Waals surface area contributed by atoms with Crippen LogP contribution in [0.1, 0.15) is 39.5 Å². The van der Waals surface area contributed by atoms with E-state index >= 15 is 0 Å². The minimum absolute atomic E-state index is 0.263. The molecule has 2 atom stereocenters. The van der Waals surface area contributed by atoms with E-state index in [0.29, 0.717) is 6.42 Å². The van der Waals surface area contributed by atoms with Crippen LogP contribution >= 0.6 is 0 Å². The molecule has 1 rings (SSSR count). The number of hydrogen-bond acceptors (Lipinski definition) is 2. The number of halogens is 3. The summed E-state index contributed by atoms with van der Waals surface area (Å²) in [4.78, 5) is 0. The Balaban J connectivity index is 2.37. The molecule has 0 radical (unpaired) electrons. The second-order valence-electron chi connectivity index (χ2n) is 5.10. The van der Waals surface area contributed by atoms with E-state index in [1.54, 1.807) is 0 Å².